The Morgan fingerprint density at radius 2 is 1.66 bits per heavy atom. The number of para-hydroxylation sites is 1. The molecule has 4 aromatic carbocycles. The third-order valence-electron chi connectivity index (χ3n) is 6.45. The fourth-order valence-electron chi connectivity index (χ4n) is 4.38. The SMILES string of the molecule is O=C(Nc1ccc(SCC(=O)N2CCc3ccccc32)cc1)C(=Cc1cc(Br)ccc1F)NC(=O)c1ccccc1. The summed E-state index contributed by atoms with van der Waals surface area (Å²) in [6, 6.07) is 27.8. The lowest BCUT2D eigenvalue weighted by atomic mass is 10.1. The molecule has 2 N–H and O–H groups in total. The number of rotatable bonds is 8. The van der Waals surface area contributed by atoms with Crippen molar-refractivity contribution in [3.05, 3.63) is 130 Å². The molecule has 0 aliphatic carbocycles. The molecular weight excluding hydrogens is 605 g/mol. The molecule has 41 heavy (non-hydrogen) atoms. The minimum atomic E-state index is -0.614. The van der Waals surface area contributed by atoms with Crippen LogP contribution in [0.1, 0.15) is 21.5 Å². The Kier molecular flexibility index (Phi) is 8.96. The Bertz CT molecular complexity index is 1630. The third kappa shape index (κ3) is 7.11. The quantitative estimate of drug-likeness (QED) is 0.168. The number of carbonyl (C=O) groups is 3. The van der Waals surface area contributed by atoms with Crippen molar-refractivity contribution in [3.63, 3.8) is 0 Å². The molecule has 0 aromatic heterocycles. The first-order valence-electron chi connectivity index (χ1n) is 12.8. The van der Waals surface area contributed by atoms with Crippen LogP contribution in [-0.2, 0) is 16.0 Å². The van der Waals surface area contributed by atoms with Crippen molar-refractivity contribution in [2.24, 2.45) is 0 Å². The molecule has 3 amide bonds. The molecule has 1 aliphatic rings. The third-order valence-corrected chi connectivity index (χ3v) is 7.94. The highest BCUT2D eigenvalue weighted by atomic mass is 79.9. The summed E-state index contributed by atoms with van der Waals surface area (Å²) in [4.78, 5) is 41.6. The number of thioether (sulfide) groups is 1. The van der Waals surface area contributed by atoms with Gasteiger partial charge >= 0.3 is 0 Å². The highest BCUT2D eigenvalue weighted by molar-refractivity contribution is 9.10. The van der Waals surface area contributed by atoms with Crippen molar-refractivity contribution in [3.8, 4) is 0 Å². The van der Waals surface area contributed by atoms with Crippen molar-refractivity contribution in [2.75, 3.05) is 22.5 Å². The van der Waals surface area contributed by atoms with Crippen LogP contribution in [0.5, 0.6) is 0 Å². The van der Waals surface area contributed by atoms with Crippen LogP contribution < -0.4 is 15.5 Å². The number of anilines is 2. The summed E-state index contributed by atoms with van der Waals surface area (Å²) in [6.07, 6.45) is 2.15. The van der Waals surface area contributed by atoms with Gasteiger partial charge in [0.05, 0.1) is 5.75 Å². The first-order chi connectivity index (χ1) is 19.9. The van der Waals surface area contributed by atoms with Crippen LogP contribution in [0.3, 0.4) is 0 Å². The number of carbonyl (C=O) groups excluding carboxylic acids is 3. The van der Waals surface area contributed by atoms with Gasteiger partial charge in [0, 0.05) is 38.4 Å². The second kappa shape index (κ2) is 13.0. The van der Waals surface area contributed by atoms with Gasteiger partial charge < -0.3 is 15.5 Å². The topological polar surface area (TPSA) is 78.5 Å². The Morgan fingerprint density at radius 3 is 2.44 bits per heavy atom. The fourth-order valence-corrected chi connectivity index (χ4v) is 5.53. The molecule has 0 unspecified atom stereocenters. The highest BCUT2D eigenvalue weighted by Gasteiger charge is 2.24. The van der Waals surface area contributed by atoms with E-state index in [-0.39, 0.29) is 22.9 Å². The van der Waals surface area contributed by atoms with Gasteiger partial charge in [-0.15, -0.1) is 11.8 Å². The maximum absolute atomic E-state index is 14.5. The zero-order chi connectivity index (χ0) is 28.8. The maximum atomic E-state index is 14.5. The van der Waals surface area contributed by atoms with Gasteiger partial charge in [-0.3, -0.25) is 14.4 Å². The van der Waals surface area contributed by atoms with Crippen LogP contribution in [0.25, 0.3) is 6.08 Å². The van der Waals surface area contributed by atoms with Gasteiger partial charge in [-0.2, -0.15) is 0 Å². The van der Waals surface area contributed by atoms with Crippen LogP contribution in [0.4, 0.5) is 15.8 Å². The van der Waals surface area contributed by atoms with Crippen molar-refractivity contribution in [2.45, 2.75) is 11.3 Å². The van der Waals surface area contributed by atoms with E-state index in [1.54, 1.807) is 48.5 Å². The summed E-state index contributed by atoms with van der Waals surface area (Å²) in [5.41, 5.74) is 3.01. The second-order valence-electron chi connectivity index (χ2n) is 9.24. The summed E-state index contributed by atoms with van der Waals surface area (Å²) >= 11 is 4.73. The zero-order valence-electron chi connectivity index (χ0n) is 21.8. The molecule has 0 spiro atoms. The van der Waals surface area contributed by atoms with Gasteiger partial charge in [0.25, 0.3) is 11.8 Å². The summed E-state index contributed by atoms with van der Waals surface area (Å²) in [7, 11) is 0. The van der Waals surface area contributed by atoms with Crippen LogP contribution in [0.15, 0.2) is 112 Å². The molecule has 1 aliphatic heterocycles. The lowest BCUT2D eigenvalue weighted by molar-refractivity contribution is -0.116. The van der Waals surface area contributed by atoms with E-state index in [4.69, 9.17) is 0 Å². The van der Waals surface area contributed by atoms with Crippen LogP contribution >= 0.6 is 27.7 Å². The number of amides is 3. The van der Waals surface area contributed by atoms with Crippen molar-refractivity contribution >= 4 is 62.9 Å². The van der Waals surface area contributed by atoms with Gasteiger partial charge in [0.15, 0.2) is 0 Å². The monoisotopic (exact) mass is 629 g/mol. The van der Waals surface area contributed by atoms with Crippen molar-refractivity contribution in [1.82, 2.24) is 5.32 Å². The first-order valence-corrected chi connectivity index (χ1v) is 14.6. The summed E-state index contributed by atoms with van der Waals surface area (Å²) < 4.78 is 15.1. The van der Waals surface area contributed by atoms with Crippen molar-refractivity contribution in [1.29, 1.82) is 0 Å². The number of fused-ring (bicyclic) bond motifs is 1. The highest BCUT2D eigenvalue weighted by Crippen LogP contribution is 2.29. The predicted octanol–water partition coefficient (Wildman–Crippen LogP) is 6.68. The maximum Gasteiger partial charge on any atom is 0.272 e. The minimum Gasteiger partial charge on any atom is -0.321 e. The molecular formula is C32H25BrFN3O3S. The summed E-state index contributed by atoms with van der Waals surface area (Å²) in [6.45, 7) is 0.685. The molecule has 0 fully saturated rings. The van der Waals surface area contributed by atoms with Gasteiger partial charge in [0.1, 0.15) is 11.5 Å². The molecule has 0 atom stereocenters. The van der Waals surface area contributed by atoms with Crippen LogP contribution in [0, 0.1) is 5.82 Å². The average molecular weight is 631 g/mol. The molecule has 1 heterocycles. The summed E-state index contributed by atoms with van der Waals surface area (Å²) in [5, 5.41) is 5.37. The molecule has 5 rings (SSSR count). The molecule has 6 nitrogen and oxygen atoms in total. The van der Waals surface area contributed by atoms with E-state index in [9.17, 15) is 18.8 Å². The smallest absolute Gasteiger partial charge is 0.272 e. The van der Waals surface area contributed by atoms with E-state index in [0.29, 0.717) is 22.3 Å². The van der Waals surface area contributed by atoms with E-state index in [1.165, 1.54) is 35.5 Å². The minimum absolute atomic E-state index is 0.0426. The molecule has 0 bridgehead atoms. The normalized spacial score (nSPS) is 12.5. The Balaban J connectivity index is 1.26. The summed E-state index contributed by atoms with van der Waals surface area (Å²) in [5.74, 6) is -1.32. The lowest BCUT2D eigenvalue weighted by Gasteiger charge is -2.17. The Hall–Kier alpha value is -4.21. The number of hydrogen-bond donors (Lipinski definition) is 2. The largest absolute Gasteiger partial charge is 0.321 e. The number of benzene rings is 4. The van der Waals surface area contributed by atoms with E-state index in [1.807, 2.05) is 41.3 Å². The predicted molar refractivity (Wildman–Crippen MR) is 164 cm³/mol. The first kappa shape index (κ1) is 28.3. The molecule has 0 saturated carbocycles. The molecule has 0 saturated heterocycles. The standard InChI is InChI=1S/C32H25BrFN3O3S/c33-24-10-15-27(34)23(18-24)19-28(36-31(39)22-7-2-1-3-8-22)32(40)35-25-11-13-26(14-12-25)41-20-30(38)37-17-16-21-6-4-5-9-29(21)37/h1-15,18-19H,16-17,20H2,(H,35,40)(H,36,39). The van der Waals surface area contributed by atoms with E-state index >= 15 is 0 Å². The molecule has 4 aromatic rings. The van der Waals surface area contributed by atoms with Gasteiger partial charge in [-0.1, -0.05) is 52.3 Å². The van der Waals surface area contributed by atoms with E-state index < -0.39 is 17.6 Å². The zero-order valence-corrected chi connectivity index (χ0v) is 24.2. The van der Waals surface area contributed by atoms with Gasteiger partial charge in [-0.05, 0) is 78.7 Å². The number of hydrogen-bond acceptors (Lipinski definition) is 4. The van der Waals surface area contributed by atoms with Crippen molar-refractivity contribution < 1.29 is 18.8 Å². The second-order valence-corrected chi connectivity index (χ2v) is 11.2. The van der Waals surface area contributed by atoms with E-state index in [0.717, 1.165) is 17.0 Å². The average Bonchev–Trinajstić information content (AvgIpc) is 3.43. The number of nitrogens with one attached hydrogen (secondary N) is 2. The number of nitrogens with zero attached hydrogens (tertiary/aromatic N) is 1. The van der Waals surface area contributed by atoms with E-state index in [2.05, 4.69) is 26.6 Å². The molecule has 9 heteroatoms. The fraction of sp³-hybridized carbons (Fsp3) is 0.0938. The van der Waals surface area contributed by atoms with Gasteiger partial charge in [-0.25, -0.2) is 4.39 Å². The van der Waals surface area contributed by atoms with Gasteiger partial charge in [0.2, 0.25) is 5.91 Å². The Morgan fingerprint density at radius 1 is 0.927 bits per heavy atom. The molecule has 206 valence electrons. The van der Waals surface area contributed by atoms with Crippen LogP contribution in [0.2, 0.25) is 0 Å². The molecule has 0 radical (unpaired) electrons. The van der Waals surface area contributed by atoms with Crippen LogP contribution in [-0.4, -0.2) is 30.0 Å². The Labute approximate surface area is 249 Å². The number of halogens is 2. The lowest BCUT2D eigenvalue weighted by Crippen LogP contribution is -2.30.